The Balaban J connectivity index is 3.37. The minimum absolute atomic E-state index is 0.532. The second kappa shape index (κ2) is 9.07. The fraction of sp³-hybridized carbons (Fsp3) is 0.533. The molecule has 0 fully saturated rings. The first-order chi connectivity index (χ1) is 10.2. The minimum Gasteiger partial charge on any atom is -0.490 e. The van der Waals surface area contributed by atoms with Gasteiger partial charge in [-0.15, -0.1) is 0 Å². The highest BCUT2D eigenvalue weighted by molar-refractivity contribution is 5.99. The summed E-state index contributed by atoms with van der Waals surface area (Å²) in [5, 5.41) is 0. The molecule has 0 bridgehead atoms. The van der Waals surface area contributed by atoms with E-state index >= 15 is 0 Å². The van der Waals surface area contributed by atoms with Crippen molar-refractivity contribution in [2.45, 2.75) is 27.7 Å². The van der Waals surface area contributed by atoms with Crippen LogP contribution in [-0.2, 0) is 0 Å². The van der Waals surface area contributed by atoms with Crippen molar-refractivity contribution in [2.24, 2.45) is 10.8 Å². The summed E-state index contributed by atoms with van der Waals surface area (Å²) in [6.45, 7) is 9.93. The molecule has 1 aromatic rings. The number of rotatable bonds is 8. The molecule has 3 N–H and O–H groups in total. The van der Waals surface area contributed by atoms with E-state index in [1.165, 1.54) is 0 Å². The number of hydrogen-bond donors (Lipinski definition) is 2. The summed E-state index contributed by atoms with van der Waals surface area (Å²) in [7, 11) is 0. The molecule has 0 unspecified atom stereocenters. The van der Waals surface area contributed by atoms with Crippen molar-refractivity contribution in [3.05, 3.63) is 17.7 Å². The summed E-state index contributed by atoms with van der Waals surface area (Å²) in [5.74, 6) is 7.99. The van der Waals surface area contributed by atoms with Gasteiger partial charge in [0, 0.05) is 12.1 Å². The number of hydrazine groups is 1. The first-order valence-electron chi connectivity index (χ1n) is 7.29. The molecule has 118 valence electrons. The molecule has 6 nitrogen and oxygen atoms in total. The van der Waals surface area contributed by atoms with Gasteiger partial charge in [-0.05, 0) is 39.8 Å². The van der Waals surface area contributed by atoms with Crippen LogP contribution in [0.1, 0.15) is 33.3 Å². The summed E-state index contributed by atoms with van der Waals surface area (Å²) >= 11 is 0. The van der Waals surface area contributed by atoms with Crippen LogP contribution in [0.2, 0.25) is 0 Å². The lowest BCUT2D eigenvalue weighted by Gasteiger charge is -2.17. The van der Waals surface area contributed by atoms with Gasteiger partial charge in [-0.2, -0.15) is 0 Å². The second-order valence-corrected chi connectivity index (χ2v) is 4.07. The van der Waals surface area contributed by atoms with Crippen molar-refractivity contribution in [2.75, 3.05) is 26.4 Å². The second-order valence-electron chi connectivity index (χ2n) is 4.07. The number of benzene rings is 1. The van der Waals surface area contributed by atoms with E-state index in [1.807, 2.05) is 39.8 Å². The Morgan fingerprint density at radius 1 is 1.00 bits per heavy atom. The number of ether oxygens (including phenoxy) is 3. The smallest absolute Gasteiger partial charge is 0.203 e. The van der Waals surface area contributed by atoms with Gasteiger partial charge in [-0.25, -0.2) is 5.84 Å². The summed E-state index contributed by atoms with van der Waals surface area (Å²) in [6, 6.07) is 3.71. The highest BCUT2D eigenvalue weighted by Gasteiger charge is 2.17. The van der Waals surface area contributed by atoms with Gasteiger partial charge in [0.1, 0.15) is 5.84 Å². The zero-order valence-electron chi connectivity index (χ0n) is 13.2. The van der Waals surface area contributed by atoms with Gasteiger partial charge in [-0.1, -0.05) is 0 Å². The van der Waals surface area contributed by atoms with Crippen molar-refractivity contribution in [1.82, 2.24) is 5.43 Å². The quantitative estimate of drug-likeness (QED) is 0.332. The van der Waals surface area contributed by atoms with Gasteiger partial charge in [0.25, 0.3) is 0 Å². The van der Waals surface area contributed by atoms with Crippen LogP contribution >= 0.6 is 0 Å². The Morgan fingerprint density at radius 2 is 1.52 bits per heavy atom. The summed E-state index contributed by atoms with van der Waals surface area (Å²) < 4.78 is 17.0. The van der Waals surface area contributed by atoms with Crippen LogP contribution in [0.5, 0.6) is 17.2 Å². The zero-order chi connectivity index (χ0) is 15.7. The van der Waals surface area contributed by atoms with E-state index in [-0.39, 0.29) is 0 Å². The molecule has 0 amide bonds. The molecule has 0 spiro atoms. The normalized spacial score (nSPS) is 11.2. The first kappa shape index (κ1) is 17.1. The molecule has 0 aliphatic rings. The van der Waals surface area contributed by atoms with E-state index in [1.54, 1.807) is 0 Å². The molecule has 0 aliphatic carbocycles. The summed E-state index contributed by atoms with van der Waals surface area (Å²) in [4.78, 5) is 4.32. The lowest BCUT2D eigenvalue weighted by atomic mass is 10.1. The fourth-order valence-corrected chi connectivity index (χ4v) is 1.90. The molecule has 0 saturated heterocycles. The van der Waals surface area contributed by atoms with E-state index in [4.69, 9.17) is 20.1 Å². The number of nitrogens with two attached hydrogens (primary N) is 1. The maximum atomic E-state index is 5.66. The van der Waals surface area contributed by atoms with Crippen LogP contribution in [0.3, 0.4) is 0 Å². The van der Waals surface area contributed by atoms with Crippen LogP contribution in [0, 0.1) is 0 Å². The van der Waals surface area contributed by atoms with Crippen molar-refractivity contribution >= 4 is 5.84 Å². The molecule has 21 heavy (non-hydrogen) atoms. The van der Waals surface area contributed by atoms with Gasteiger partial charge in [0.15, 0.2) is 11.5 Å². The Labute approximate surface area is 126 Å². The van der Waals surface area contributed by atoms with Gasteiger partial charge < -0.3 is 19.6 Å². The van der Waals surface area contributed by atoms with Crippen molar-refractivity contribution in [3.8, 4) is 17.2 Å². The maximum Gasteiger partial charge on any atom is 0.203 e. The largest absolute Gasteiger partial charge is 0.490 e. The van der Waals surface area contributed by atoms with Crippen molar-refractivity contribution in [1.29, 1.82) is 0 Å². The van der Waals surface area contributed by atoms with Gasteiger partial charge >= 0.3 is 0 Å². The van der Waals surface area contributed by atoms with Gasteiger partial charge in [0.2, 0.25) is 5.75 Å². The number of hydrogen-bond acceptors (Lipinski definition) is 5. The fourth-order valence-electron chi connectivity index (χ4n) is 1.90. The van der Waals surface area contributed by atoms with E-state index < -0.39 is 0 Å². The molecular weight excluding hydrogens is 270 g/mol. The predicted octanol–water partition coefficient (Wildman–Crippen LogP) is 2.11. The highest BCUT2D eigenvalue weighted by atomic mass is 16.5. The average molecular weight is 295 g/mol. The molecule has 0 aromatic heterocycles. The lowest BCUT2D eigenvalue weighted by molar-refractivity contribution is 0.260. The third-order valence-electron chi connectivity index (χ3n) is 2.64. The molecule has 0 saturated carbocycles. The Hall–Kier alpha value is -1.95. The highest BCUT2D eigenvalue weighted by Crippen LogP contribution is 2.39. The van der Waals surface area contributed by atoms with E-state index in [2.05, 4.69) is 10.4 Å². The Kier molecular flexibility index (Phi) is 7.39. The third-order valence-corrected chi connectivity index (χ3v) is 2.64. The molecule has 0 heterocycles. The van der Waals surface area contributed by atoms with E-state index in [9.17, 15) is 0 Å². The molecular formula is C15H25N3O3. The van der Waals surface area contributed by atoms with E-state index in [0.717, 1.165) is 5.56 Å². The third kappa shape index (κ3) is 4.53. The Morgan fingerprint density at radius 3 is 1.90 bits per heavy atom. The maximum absolute atomic E-state index is 5.66. The lowest BCUT2D eigenvalue weighted by Crippen LogP contribution is -2.31. The minimum atomic E-state index is 0.532. The van der Waals surface area contributed by atoms with Gasteiger partial charge in [0.05, 0.1) is 19.8 Å². The van der Waals surface area contributed by atoms with E-state index in [0.29, 0.717) is 49.4 Å². The number of aliphatic imine (C=N–C) groups is 1. The summed E-state index contributed by atoms with van der Waals surface area (Å²) in [6.07, 6.45) is 0. The van der Waals surface area contributed by atoms with Crippen molar-refractivity contribution in [3.63, 3.8) is 0 Å². The molecule has 0 radical (unpaired) electrons. The predicted molar refractivity (Wildman–Crippen MR) is 84.4 cm³/mol. The monoisotopic (exact) mass is 295 g/mol. The molecule has 0 atom stereocenters. The van der Waals surface area contributed by atoms with Crippen LogP contribution in [0.15, 0.2) is 17.1 Å². The van der Waals surface area contributed by atoms with Crippen LogP contribution in [0.4, 0.5) is 0 Å². The van der Waals surface area contributed by atoms with Crippen LogP contribution in [-0.4, -0.2) is 32.2 Å². The molecule has 6 heteroatoms. The SMILES string of the molecule is CCN=C(NN)c1cc(OCC)c(OCC)c(OCC)c1. The molecule has 1 aromatic carbocycles. The zero-order valence-corrected chi connectivity index (χ0v) is 13.2. The van der Waals surface area contributed by atoms with Gasteiger partial charge in [-0.3, -0.25) is 4.99 Å². The molecule has 1 rings (SSSR count). The standard InChI is InChI=1S/C15H25N3O3/c1-5-17-15(18-16)11-9-12(19-6-2)14(21-8-4)13(10-11)20-7-3/h9-10H,5-8,16H2,1-4H3,(H,17,18). The van der Waals surface area contributed by atoms with Crippen LogP contribution in [0.25, 0.3) is 0 Å². The average Bonchev–Trinajstić information content (AvgIpc) is 2.48. The number of nitrogens with zero attached hydrogens (tertiary/aromatic N) is 1. The van der Waals surface area contributed by atoms with Crippen LogP contribution < -0.4 is 25.5 Å². The number of nitrogens with one attached hydrogen (secondary N) is 1. The summed E-state index contributed by atoms with van der Waals surface area (Å²) in [5.41, 5.74) is 3.41. The first-order valence-corrected chi connectivity index (χ1v) is 7.29. The number of amidine groups is 1. The van der Waals surface area contributed by atoms with Crippen molar-refractivity contribution < 1.29 is 14.2 Å². The molecule has 0 aliphatic heterocycles. The topological polar surface area (TPSA) is 78.1 Å². The Bertz CT molecular complexity index is 448.